The van der Waals surface area contributed by atoms with Gasteiger partial charge >= 0.3 is 0 Å². The number of nitrogens with zero attached hydrogens (tertiary/aromatic N) is 3. The molecule has 1 amide bonds. The van der Waals surface area contributed by atoms with Gasteiger partial charge in [-0.05, 0) is 11.6 Å². The molecule has 17 heavy (non-hydrogen) atoms. The zero-order valence-electron chi connectivity index (χ0n) is 9.82. The molecule has 6 nitrogen and oxygen atoms in total. The van der Waals surface area contributed by atoms with E-state index >= 15 is 0 Å². The summed E-state index contributed by atoms with van der Waals surface area (Å²) in [5.41, 5.74) is 0.611. The van der Waals surface area contributed by atoms with Gasteiger partial charge in [-0.3, -0.25) is 9.63 Å². The van der Waals surface area contributed by atoms with Crippen LogP contribution in [0.3, 0.4) is 0 Å². The smallest absolute Gasteiger partial charge is 0.296 e. The Morgan fingerprint density at radius 3 is 2.71 bits per heavy atom. The van der Waals surface area contributed by atoms with Crippen LogP contribution in [-0.4, -0.2) is 42.1 Å². The summed E-state index contributed by atoms with van der Waals surface area (Å²) in [6.45, 7) is 3.62. The first kappa shape index (κ1) is 13.4. The minimum absolute atomic E-state index is 0.0206. The van der Waals surface area contributed by atoms with Crippen molar-refractivity contribution in [2.45, 2.75) is 0 Å². The molecule has 0 fully saturated rings. The Labute approximate surface area is 104 Å². The minimum Gasteiger partial charge on any atom is -0.372 e. The fourth-order valence-electron chi connectivity index (χ4n) is 1.22. The number of hydrogen-bond donors (Lipinski definition) is 1. The summed E-state index contributed by atoms with van der Waals surface area (Å²) < 4.78 is 0. The van der Waals surface area contributed by atoms with Gasteiger partial charge in [0.1, 0.15) is 11.5 Å². The molecular weight excluding hydrogens is 244 g/mol. The summed E-state index contributed by atoms with van der Waals surface area (Å²) in [6.07, 6.45) is 1.49. The Hall–Kier alpha value is -1.66. The molecule has 0 aliphatic rings. The molecule has 1 aromatic heterocycles. The van der Waals surface area contributed by atoms with Gasteiger partial charge in [-0.15, -0.1) is 0 Å². The van der Waals surface area contributed by atoms with Crippen LogP contribution in [0.25, 0.3) is 6.08 Å². The van der Waals surface area contributed by atoms with Crippen LogP contribution in [0.2, 0.25) is 5.28 Å². The lowest BCUT2D eigenvalue weighted by molar-refractivity contribution is -0.0760. The normalized spacial score (nSPS) is 9.88. The van der Waals surface area contributed by atoms with Crippen LogP contribution in [0.5, 0.6) is 0 Å². The molecule has 0 saturated carbocycles. The van der Waals surface area contributed by atoms with E-state index in [0.29, 0.717) is 11.4 Å². The number of hydrogen-bond acceptors (Lipinski definition) is 5. The summed E-state index contributed by atoms with van der Waals surface area (Å²) in [5.74, 6) is 0.0102. The maximum atomic E-state index is 12.0. The Bertz CT molecular complexity index is 450. The van der Waals surface area contributed by atoms with Gasteiger partial charge < -0.3 is 5.32 Å². The first-order chi connectivity index (χ1) is 8.04. The quantitative estimate of drug-likeness (QED) is 0.652. The van der Waals surface area contributed by atoms with Crippen LogP contribution in [-0.2, 0) is 4.84 Å². The van der Waals surface area contributed by atoms with E-state index in [4.69, 9.17) is 16.4 Å². The average Bonchev–Trinajstić information content (AvgIpc) is 2.35. The first-order valence-corrected chi connectivity index (χ1v) is 5.12. The van der Waals surface area contributed by atoms with Crippen molar-refractivity contribution in [2.24, 2.45) is 0 Å². The molecule has 1 aromatic rings. The van der Waals surface area contributed by atoms with Crippen molar-refractivity contribution in [1.82, 2.24) is 15.0 Å². The van der Waals surface area contributed by atoms with E-state index in [1.165, 1.54) is 20.2 Å². The molecule has 7 heteroatoms. The van der Waals surface area contributed by atoms with Gasteiger partial charge in [-0.2, -0.15) is 0 Å². The molecule has 0 aromatic carbocycles. The standard InChI is InChI=1S/C10H13ClN4O2/c1-5-6-7(9(16)15(3)17-4)13-10(11)14-8(6)12-2/h5H,1H2,2-4H3,(H,12,13,14). The Kier molecular flexibility index (Phi) is 4.42. The third kappa shape index (κ3) is 2.72. The predicted molar refractivity (Wildman–Crippen MR) is 65.8 cm³/mol. The number of anilines is 1. The van der Waals surface area contributed by atoms with Gasteiger partial charge in [0, 0.05) is 19.7 Å². The highest BCUT2D eigenvalue weighted by Crippen LogP contribution is 2.20. The van der Waals surface area contributed by atoms with Crippen molar-refractivity contribution in [1.29, 1.82) is 0 Å². The average molecular weight is 257 g/mol. The molecule has 0 spiro atoms. The van der Waals surface area contributed by atoms with Gasteiger partial charge in [-0.25, -0.2) is 15.0 Å². The number of amides is 1. The highest BCUT2D eigenvalue weighted by Gasteiger charge is 2.20. The fraction of sp³-hybridized carbons (Fsp3) is 0.300. The van der Waals surface area contributed by atoms with Gasteiger partial charge in [0.2, 0.25) is 5.28 Å². The number of aromatic nitrogens is 2. The van der Waals surface area contributed by atoms with Crippen molar-refractivity contribution < 1.29 is 9.63 Å². The van der Waals surface area contributed by atoms with Crippen molar-refractivity contribution in [3.63, 3.8) is 0 Å². The zero-order valence-corrected chi connectivity index (χ0v) is 10.6. The fourth-order valence-corrected chi connectivity index (χ4v) is 1.39. The summed E-state index contributed by atoms with van der Waals surface area (Å²) in [5, 5.41) is 3.85. The molecule has 0 aliphatic carbocycles. The van der Waals surface area contributed by atoms with Crippen molar-refractivity contribution >= 4 is 29.4 Å². The largest absolute Gasteiger partial charge is 0.372 e. The Morgan fingerprint density at radius 1 is 1.59 bits per heavy atom. The summed E-state index contributed by atoms with van der Waals surface area (Å²) in [6, 6.07) is 0. The summed E-state index contributed by atoms with van der Waals surface area (Å²) in [7, 11) is 4.53. The molecular formula is C10H13ClN4O2. The van der Waals surface area contributed by atoms with Crippen LogP contribution >= 0.6 is 11.6 Å². The van der Waals surface area contributed by atoms with Crippen LogP contribution in [0.1, 0.15) is 16.1 Å². The van der Waals surface area contributed by atoms with E-state index in [2.05, 4.69) is 21.9 Å². The van der Waals surface area contributed by atoms with Crippen molar-refractivity contribution in [3.05, 3.63) is 23.1 Å². The van der Waals surface area contributed by atoms with Gasteiger partial charge in [0.05, 0.1) is 7.11 Å². The molecule has 0 unspecified atom stereocenters. The van der Waals surface area contributed by atoms with E-state index < -0.39 is 5.91 Å². The van der Waals surface area contributed by atoms with Crippen LogP contribution in [0.15, 0.2) is 6.58 Å². The molecule has 0 atom stereocenters. The molecule has 92 valence electrons. The number of carbonyl (C=O) groups is 1. The van der Waals surface area contributed by atoms with E-state index in [1.807, 2.05) is 0 Å². The number of hydroxylamine groups is 2. The number of carbonyl (C=O) groups excluding carboxylic acids is 1. The lowest BCUT2D eigenvalue weighted by atomic mass is 10.2. The summed E-state index contributed by atoms with van der Waals surface area (Å²) in [4.78, 5) is 24.6. The lowest BCUT2D eigenvalue weighted by Crippen LogP contribution is -2.27. The van der Waals surface area contributed by atoms with Gasteiger partial charge in [-0.1, -0.05) is 12.7 Å². The maximum Gasteiger partial charge on any atom is 0.296 e. The van der Waals surface area contributed by atoms with E-state index in [0.717, 1.165) is 5.06 Å². The molecule has 0 aliphatic heterocycles. The Morgan fingerprint density at radius 2 is 2.24 bits per heavy atom. The molecule has 0 bridgehead atoms. The van der Waals surface area contributed by atoms with Crippen molar-refractivity contribution in [2.75, 3.05) is 26.5 Å². The monoisotopic (exact) mass is 256 g/mol. The number of halogens is 1. The highest BCUT2D eigenvalue weighted by molar-refractivity contribution is 6.28. The molecule has 1 N–H and O–H groups in total. The third-order valence-electron chi connectivity index (χ3n) is 2.12. The lowest BCUT2D eigenvalue weighted by Gasteiger charge is -2.15. The SMILES string of the molecule is C=Cc1c(NC)nc(Cl)nc1C(=O)N(C)OC. The molecule has 1 heterocycles. The summed E-state index contributed by atoms with van der Waals surface area (Å²) >= 11 is 5.74. The number of nitrogens with one attached hydrogen (secondary N) is 1. The van der Waals surface area contributed by atoms with Crippen LogP contribution in [0.4, 0.5) is 5.82 Å². The van der Waals surface area contributed by atoms with E-state index in [1.54, 1.807) is 7.05 Å². The van der Waals surface area contributed by atoms with E-state index in [-0.39, 0.29) is 11.0 Å². The minimum atomic E-state index is -0.428. The second kappa shape index (κ2) is 5.60. The topological polar surface area (TPSA) is 67.4 Å². The second-order valence-corrected chi connectivity index (χ2v) is 3.38. The molecule has 1 rings (SSSR count). The van der Waals surface area contributed by atoms with Gasteiger partial charge in [0.15, 0.2) is 0 Å². The van der Waals surface area contributed by atoms with Gasteiger partial charge in [0.25, 0.3) is 5.91 Å². The van der Waals surface area contributed by atoms with Crippen LogP contribution < -0.4 is 5.32 Å². The zero-order chi connectivity index (χ0) is 13.0. The highest BCUT2D eigenvalue weighted by atomic mass is 35.5. The predicted octanol–water partition coefficient (Wildman–Crippen LogP) is 1.45. The van der Waals surface area contributed by atoms with Crippen molar-refractivity contribution in [3.8, 4) is 0 Å². The third-order valence-corrected chi connectivity index (χ3v) is 2.29. The Balaban J connectivity index is 3.36. The van der Waals surface area contributed by atoms with E-state index in [9.17, 15) is 4.79 Å². The number of rotatable bonds is 4. The first-order valence-electron chi connectivity index (χ1n) is 4.75. The molecule has 0 saturated heterocycles. The van der Waals surface area contributed by atoms with Crippen LogP contribution in [0, 0.1) is 0 Å². The second-order valence-electron chi connectivity index (χ2n) is 3.04. The maximum absolute atomic E-state index is 12.0. The molecule has 0 radical (unpaired) electrons.